The molecule has 0 fully saturated rings. The zero-order valence-corrected chi connectivity index (χ0v) is 25.8. The Kier molecular flexibility index (Phi) is 8.08. The molecule has 4 heterocycles. The standard InChI is InChI=1S/C25H18N2.C17H14N2/c1-17-10-20(22-12-18-6-2-4-8-24(18)26-15-22)14-21(11-17)23-13-19-7-3-5-9-25(19)27-16-23;1-13-8-16(14-4-2-6-18-11-14)10-17(9-13)15-5-3-7-19-12-15/h2-16H,1H3;2-12H,1H3. The number of hydrogen-bond acceptors (Lipinski definition) is 4. The summed E-state index contributed by atoms with van der Waals surface area (Å²) in [6, 6.07) is 42.1. The van der Waals surface area contributed by atoms with E-state index in [0.717, 1.165) is 44.1 Å². The summed E-state index contributed by atoms with van der Waals surface area (Å²) < 4.78 is 0. The summed E-state index contributed by atoms with van der Waals surface area (Å²) in [5.74, 6) is 0. The molecule has 0 spiro atoms. The van der Waals surface area contributed by atoms with Crippen molar-refractivity contribution in [1.82, 2.24) is 19.9 Å². The van der Waals surface area contributed by atoms with E-state index in [-0.39, 0.29) is 0 Å². The van der Waals surface area contributed by atoms with Crippen LogP contribution in [0.3, 0.4) is 0 Å². The number of fused-ring (bicyclic) bond motifs is 2. The molecule has 4 aromatic carbocycles. The molecule has 0 N–H and O–H groups in total. The lowest BCUT2D eigenvalue weighted by Crippen LogP contribution is -1.88. The highest BCUT2D eigenvalue weighted by molar-refractivity contribution is 5.87. The molecule has 0 atom stereocenters. The van der Waals surface area contributed by atoms with Crippen LogP contribution in [0.1, 0.15) is 11.1 Å². The van der Waals surface area contributed by atoms with Crippen LogP contribution in [0.5, 0.6) is 0 Å². The first kappa shape index (κ1) is 28.8. The second kappa shape index (κ2) is 12.9. The highest BCUT2D eigenvalue weighted by Crippen LogP contribution is 2.31. The molecule has 0 aliphatic carbocycles. The summed E-state index contributed by atoms with van der Waals surface area (Å²) in [4.78, 5) is 17.6. The molecular weight excluding hydrogens is 560 g/mol. The number of nitrogens with zero attached hydrogens (tertiary/aromatic N) is 4. The maximum absolute atomic E-state index is 4.62. The van der Waals surface area contributed by atoms with E-state index < -0.39 is 0 Å². The minimum absolute atomic E-state index is 1.02. The molecule has 0 aliphatic heterocycles. The number of hydrogen-bond donors (Lipinski definition) is 0. The second-order valence-corrected chi connectivity index (χ2v) is 11.5. The summed E-state index contributed by atoms with van der Waals surface area (Å²) >= 11 is 0. The number of aryl methyl sites for hydroxylation is 2. The van der Waals surface area contributed by atoms with Crippen molar-refractivity contribution < 1.29 is 0 Å². The van der Waals surface area contributed by atoms with E-state index in [2.05, 4.69) is 119 Å². The van der Waals surface area contributed by atoms with Gasteiger partial charge in [-0.15, -0.1) is 0 Å². The lowest BCUT2D eigenvalue weighted by atomic mass is 9.97. The van der Waals surface area contributed by atoms with Gasteiger partial charge in [-0.25, -0.2) is 0 Å². The predicted molar refractivity (Wildman–Crippen MR) is 190 cm³/mol. The summed E-state index contributed by atoms with van der Waals surface area (Å²) in [5, 5.41) is 2.32. The molecule has 8 rings (SSSR count). The topological polar surface area (TPSA) is 51.6 Å². The molecule has 0 saturated carbocycles. The first-order chi connectivity index (χ1) is 22.6. The largest absolute Gasteiger partial charge is 0.264 e. The Labute approximate surface area is 269 Å². The molecule has 0 amide bonds. The molecule has 4 heteroatoms. The van der Waals surface area contributed by atoms with Crippen molar-refractivity contribution in [1.29, 1.82) is 0 Å². The maximum Gasteiger partial charge on any atom is 0.0702 e. The number of para-hydroxylation sites is 2. The van der Waals surface area contributed by atoms with Gasteiger partial charge >= 0.3 is 0 Å². The van der Waals surface area contributed by atoms with E-state index >= 15 is 0 Å². The lowest BCUT2D eigenvalue weighted by Gasteiger charge is -2.10. The normalized spacial score (nSPS) is 10.8. The van der Waals surface area contributed by atoms with E-state index in [1.165, 1.54) is 33.4 Å². The third kappa shape index (κ3) is 6.42. The van der Waals surface area contributed by atoms with Gasteiger partial charge in [0, 0.05) is 70.2 Å². The van der Waals surface area contributed by atoms with Crippen molar-refractivity contribution in [2.45, 2.75) is 13.8 Å². The molecule has 46 heavy (non-hydrogen) atoms. The molecule has 0 radical (unpaired) electrons. The van der Waals surface area contributed by atoms with Gasteiger partial charge in [0.25, 0.3) is 0 Å². The van der Waals surface area contributed by atoms with Crippen LogP contribution >= 0.6 is 0 Å². The van der Waals surface area contributed by atoms with E-state index in [1.807, 2.05) is 61.2 Å². The molecule has 220 valence electrons. The van der Waals surface area contributed by atoms with Crippen LogP contribution in [0.2, 0.25) is 0 Å². The van der Waals surface area contributed by atoms with E-state index in [4.69, 9.17) is 0 Å². The van der Waals surface area contributed by atoms with Crippen molar-refractivity contribution in [2.24, 2.45) is 0 Å². The molecule has 0 unspecified atom stereocenters. The zero-order valence-electron chi connectivity index (χ0n) is 25.8. The monoisotopic (exact) mass is 592 g/mol. The van der Waals surface area contributed by atoms with Gasteiger partial charge in [0.2, 0.25) is 0 Å². The van der Waals surface area contributed by atoms with Gasteiger partial charge < -0.3 is 0 Å². The molecule has 4 nitrogen and oxygen atoms in total. The number of benzene rings is 4. The fourth-order valence-corrected chi connectivity index (χ4v) is 5.76. The number of pyridine rings is 4. The SMILES string of the molecule is Cc1cc(-c2cccnc2)cc(-c2cccnc2)c1.Cc1cc(-c2cnc3ccccc3c2)cc(-c2cnc3ccccc3c2)c1. The van der Waals surface area contributed by atoms with Gasteiger partial charge in [-0.2, -0.15) is 0 Å². The van der Waals surface area contributed by atoms with Crippen LogP contribution in [-0.2, 0) is 0 Å². The predicted octanol–water partition coefficient (Wildman–Crippen LogP) is 10.5. The van der Waals surface area contributed by atoms with Crippen LogP contribution in [0, 0.1) is 13.8 Å². The van der Waals surface area contributed by atoms with E-state index in [9.17, 15) is 0 Å². The summed E-state index contributed by atoms with van der Waals surface area (Å²) in [7, 11) is 0. The molecule has 0 saturated heterocycles. The highest BCUT2D eigenvalue weighted by Gasteiger charge is 2.07. The Hall–Kier alpha value is -6.00. The minimum atomic E-state index is 1.02. The van der Waals surface area contributed by atoms with Crippen LogP contribution in [0.4, 0.5) is 0 Å². The zero-order chi connectivity index (χ0) is 31.3. The number of rotatable bonds is 4. The second-order valence-electron chi connectivity index (χ2n) is 11.5. The van der Waals surface area contributed by atoms with E-state index in [1.54, 1.807) is 12.4 Å². The van der Waals surface area contributed by atoms with Gasteiger partial charge in [-0.1, -0.05) is 72.8 Å². The molecule has 8 aromatic rings. The van der Waals surface area contributed by atoms with Crippen molar-refractivity contribution in [3.8, 4) is 44.5 Å². The third-order valence-electron chi connectivity index (χ3n) is 7.99. The Bertz CT molecular complexity index is 2120. The van der Waals surface area contributed by atoms with Gasteiger partial charge in [0.1, 0.15) is 0 Å². The molecule has 0 aliphatic rings. The van der Waals surface area contributed by atoms with Crippen molar-refractivity contribution >= 4 is 21.8 Å². The fourth-order valence-electron chi connectivity index (χ4n) is 5.76. The molecule has 0 bridgehead atoms. The minimum Gasteiger partial charge on any atom is -0.264 e. The van der Waals surface area contributed by atoms with Gasteiger partial charge in [0.05, 0.1) is 11.0 Å². The number of aromatic nitrogens is 4. The highest BCUT2D eigenvalue weighted by atomic mass is 14.7. The first-order valence-electron chi connectivity index (χ1n) is 15.3. The Morgan fingerprint density at radius 3 is 1.17 bits per heavy atom. The summed E-state index contributed by atoms with van der Waals surface area (Å²) in [6.45, 7) is 4.25. The van der Waals surface area contributed by atoms with Crippen LogP contribution < -0.4 is 0 Å². The summed E-state index contributed by atoms with van der Waals surface area (Å²) in [6.07, 6.45) is 11.3. The van der Waals surface area contributed by atoms with Crippen molar-refractivity contribution in [3.63, 3.8) is 0 Å². The van der Waals surface area contributed by atoms with Crippen LogP contribution in [-0.4, -0.2) is 19.9 Å². The van der Waals surface area contributed by atoms with Crippen LogP contribution in [0.25, 0.3) is 66.3 Å². The smallest absolute Gasteiger partial charge is 0.0702 e. The Morgan fingerprint density at radius 2 is 0.761 bits per heavy atom. The maximum atomic E-state index is 4.62. The average molecular weight is 593 g/mol. The lowest BCUT2D eigenvalue weighted by molar-refractivity contribution is 1.32. The summed E-state index contributed by atoms with van der Waals surface area (Å²) in [5.41, 5.74) is 13.8. The van der Waals surface area contributed by atoms with Crippen molar-refractivity contribution in [3.05, 3.63) is 170 Å². The van der Waals surface area contributed by atoms with Crippen LogP contribution in [0.15, 0.2) is 159 Å². The Morgan fingerprint density at radius 1 is 0.348 bits per heavy atom. The third-order valence-corrected chi connectivity index (χ3v) is 7.99. The van der Waals surface area contributed by atoms with Gasteiger partial charge in [-0.05, 0) is 95.8 Å². The molecule has 4 aromatic heterocycles. The van der Waals surface area contributed by atoms with Gasteiger partial charge in [-0.3, -0.25) is 19.9 Å². The Balaban J connectivity index is 0.000000157. The molecular formula is C42H32N4. The fraction of sp³-hybridized carbons (Fsp3) is 0.0476. The average Bonchev–Trinajstić information content (AvgIpc) is 3.12. The van der Waals surface area contributed by atoms with Crippen molar-refractivity contribution in [2.75, 3.05) is 0 Å². The van der Waals surface area contributed by atoms with Gasteiger partial charge in [0.15, 0.2) is 0 Å². The first-order valence-corrected chi connectivity index (χ1v) is 15.3. The quantitative estimate of drug-likeness (QED) is 0.204. The van der Waals surface area contributed by atoms with E-state index in [0.29, 0.717) is 0 Å².